The van der Waals surface area contributed by atoms with Gasteiger partial charge < -0.3 is 14.6 Å². The lowest BCUT2D eigenvalue weighted by atomic mass is 9.95. The molecule has 1 heterocycles. The fraction of sp³-hybridized carbons (Fsp3) is 0.333. The monoisotopic (exact) mass is 618 g/mol. The summed E-state index contributed by atoms with van der Waals surface area (Å²) < 4.78 is 94.5. The maximum Gasteiger partial charge on any atom is 0.426 e. The number of carbonyl (C=O) groups excluding carboxylic acids is 2. The number of nitrogens with zero attached hydrogens (tertiary/aromatic N) is 1. The summed E-state index contributed by atoms with van der Waals surface area (Å²) in [6, 6.07) is 7.82. The van der Waals surface area contributed by atoms with E-state index >= 15 is 0 Å². The van der Waals surface area contributed by atoms with Crippen LogP contribution < -0.4 is 20.9 Å². The second-order valence-electron chi connectivity index (χ2n) is 8.95. The van der Waals surface area contributed by atoms with Crippen LogP contribution in [0.15, 0.2) is 61.7 Å². The number of halogens is 6. The molecule has 4 N–H and O–H groups in total. The van der Waals surface area contributed by atoms with Crippen molar-refractivity contribution in [3.05, 3.63) is 78.5 Å². The lowest BCUT2D eigenvalue weighted by molar-refractivity contribution is -0.273. The summed E-state index contributed by atoms with van der Waals surface area (Å²) in [4.78, 5) is 40.7. The van der Waals surface area contributed by atoms with Gasteiger partial charge >= 0.3 is 18.4 Å². The summed E-state index contributed by atoms with van der Waals surface area (Å²) in [5, 5.41) is 10.7. The van der Waals surface area contributed by atoms with Crippen LogP contribution in [0.1, 0.15) is 47.8 Å². The van der Waals surface area contributed by atoms with Crippen molar-refractivity contribution in [2.45, 2.75) is 56.9 Å². The smallest absolute Gasteiger partial charge is 0.426 e. The maximum absolute atomic E-state index is 14.3. The maximum atomic E-state index is 14.3. The van der Waals surface area contributed by atoms with Crippen molar-refractivity contribution in [2.24, 2.45) is 0 Å². The van der Waals surface area contributed by atoms with Crippen LogP contribution in [0.4, 0.5) is 36.8 Å². The number of hydrogen-bond acceptors (Lipinski definition) is 6. The number of ether oxygens (including phenoxy) is 2. The molecule has 0 bridgehead atoms. The zero-order chi connectivity index (χ0) is 32.4. The minimum Gasteiger partial charge on any atom is -0.474 e. The molecule has 0 aliphatic heterocycles. The van der Waals surface area contributed by atoms with Gasteiger partial charge in [0.1, 0.15) is 11.7 Å². The molecule has 1 aromatic carbocycles. The fourth-order valence-corrected chi connectivity index (χ4v) is 3.61. The molecule has 16 heteroatoms. The molecule has 43 heavy (non-hydrogen) atoms. The highest BCUT2D eigenvalue weighted by atomic mass is 19.4. The topological polar surface area (TPSA) is 139 Å². The number of allylic oxidation sites excluding steroid dienone is 1. The first-order valence-electron chi connectivity index (χ1n) is 12.4. The number of hydrazine groups is 1. The van der Waals surface area contributed by atoms with E-state index < -0.39 is 77.8 Å². The van der Waals surface area contributed by atoms with Gasteiger partial charge in [-0.1, -0.05) is 42.5 Å². The third kappa shape index (κ3) is 9.19. The molecule has 0 spiro atoms. The van der Waals surface area contributed by atoms with Crippen LogP contribution in [0, 0.1) is 0 Å². The molecule has 3 amide bonds. The molecule has 0 aliphatic carbocycles. The molecule has 0 aliphatic rings. The summed E-state index contributed by atoms with van der Waals surface area (Å²) in [5.41, 5.74) is -3.60. The van der Waals surface area contributed by atoms with E-state index in [-0.39, 0.29) is 18.9 Å². The lowest BCUT2D eigenvalue weighted by Gasteiger charge is -2.34. The molecular formula is C27H28F6N4O6. The normalized spacial score (nSPS) is 13.7. The average Bonchev–Trinajstić information content (AvgIpc) is 2.91. The number of carboxylic acid groups (broad SMARTS) is 1. The molecule has 2 aromatic rings. The molecular weight excluding hydrogens is 590 g/mol. The van der Waals surface area contributed by atoms with Gasteiger partial charge in [-0.25, -0.2) is 9.78 Å². The summed E-state index contributed by atoms with van der Waals surface area (Å²) in [7, 11) is 0. The minimum absolute atomic E-state index is 0.0545. The first-order chi connectivity index (χ1) is 20.1. The Balaban J connectivity index is 2.47. The van der Waals surface area contributed by atoms with E-state index in [0.29, 0.717) is 5.56 Å². The molecule has 10 nitrogen and oxygen atoms in total. The molecule has 1 unspecified atom stereocenters. The minimum atomic E-state index is -5.31. The number of anilines is 1. The van der Waals surface area contributed by atoms with Crippen LogP contribution >= 0.6 is 0 Å². The molecule has 0 saturated carbocycles. The van der Waals surface area contributed by atoms with E-state index in [1.807, 2.05) is 0 Å². The lowest BCUT2D eigenvalue weighted by Crippen LogP contribution is -2.61. The highest BCUT2D eigenvalue weighted by Gasteiger charge is 2.61. The van der Waals surface area contributed by atoms with Crippen LogP contribution in [0.25, 0.3) is 0 Å². The zero-order valence-corrected chi connectivity index (χ0v) is 22.6. The van der Waals surface area contributed by atoms with E-state index in [1.54, 1.807) is 22.2 Å². The highest BCUT2D eigenvalue weighted by molar-refractivity contribution is 6.02. The van der Waals surface area contributed by atoms with Crippen molar-refractivity contribution in [1.29, 1.82) is 0 Å². The Hall–Kier alpha value is -4.60. The Kier molecular flexibility index (Phi) is 11.7. The van der Waals surface area contributed by atoms with Crippen LogP contribution in [0.5, 0.6) is 5.88 Å². The van der Waals surface area contributed by atoms with Crippen LogP contribution in [0.3, 0.4) is 0 Å². The second kappa shape index (κ2) is 14.5. The molecule has 1 aromatic heterocycles. The number of aromatic nitrogens is 1. The molecule has 0 saturated heterocycles. The van der Waals surface area contributed by atoms with E-state index in [4.69, 9.17) is 14.6 Å². The van der Waals surface area contributed by atoms with Gasteiger partial charge in [0.2, 0.25) is 11.5 Å². The molecule has 0 radical (unpaired) electrons. The fourth-order valence-electron chi connectivity index (χ4n) is 3.61. The highest BCUT2D eigenvalue weighted by Crippen LogP contribution is 2.40. The Bertz CT molecular complexity index is 1320. The predicted octanol–water partition coefficient (Wildman–Crippen LogP) is 5.78. The largest absolute Gasteiger partial charge is 0.474 e. The van der Waals surface area contributed by atoms with Crippen molar-refractivity contribution < 1.29 is 55.3 Å². The second-order valence-corrected chi connectivity index (χ2v) is 8.95. The van der Waals surface area contributed by atoms with Gasteiger partial charge in [0.25, 0.3) is 11.8 Å². The molecule has 0 fully saturated rings. The Morgan fingerprint density at radius 3 is 2.23 bits per heavy atom. The van der Waals surface area contributed by atoms with Crippen LogP contribution in [-0.4, -0.2) is 45.9 Å². The average molecular weight is 619 g/mol. The van der Waals surface area contributed by atoms with E-state index in [9.17, 15) is 40.7 Å². The first-order valence-corrected chi connectivity index (χ1v) is 12.4. The summed E-state index contributed by atoms with van der Waals surface area (Å²) >= 11 is 0. The Morgan fingerprint density at radius 2 is 1.70 bits per heavy atom. The van der Waals surface area contributed by atoms with Crippen molar-refractivity contribution in [1.82, 2.24) is 15.8 Å². The summed E-state index contributed by atoms with van der Waals surface area (Å²) in [6.45, 7) is 7.49. The Morgan fingerprint density at radius 1 is 1.05 bits per heavy atom. The third-order valence-corrected chi connectivity index (χ3v) is 5.70. The van der Waals surface area contributed by atoms with Gasteiger partial charge in [0.05, 0.1) is 12.3 Å². The Labute approximate surface area is 241 Å². The number of amides is 3. The number of pyridine rings is 1. The molecule has 234 valence electrons. The third-order valence-electron chi connectivity index (χ3n) is 5.70. The zero-order valence-electron chi connectivity index (χ0n) is 22.6. The predicted molar refractivity (Wildman–Crippen MR) is 141 cm³/mol. The molecule has 2 rings (SSSR count). The van der Waals surface area contributed by atoms with E-state index in [0.717, 1.165) is 6.08 Å². The van der Waals surface area contributed by atoms with Crippen LogP contribution in [0.2, 0.25) is 0 Å². The molecule has 2 atom stereocenters. The van der Waals surface area contributed by atoms with Crippen molar-refractivity contribution in [2.75, 3.05) is 5.32 Å². The van der Waals surface area contributed by atoms with Gasteiger partial charge in [-0.2, -0.15) is 26.3 Å². The SMILES string of the molecule is C=CCC[C@@](OCc1ccccc1)(C(=O)NNC(=O)c1nc(OC(C)CC=C)c(C(F)(F)F)cc1NC(=O)O)C(F)(F)F. The van der Waals surface area contributed by atoms with Gasteiger partial charge in [0, 0.05) is 6.42 Å². The van der Waals surface area contributed by atoms with E-state index in [1.165, 1.54) is 37.3 Å². The number of hydrogen-bond donors (Lipinski definition) is 4. The summed E-state index contributed by atoms with van der Waals surface area (Å²) in [5.74, 6) is -4.58. The van der Waals surface area contributed by atoms with Crippen LogP contribution in [-0.2, 0) is 22.3 Å². The van der Waals surface area contributed by atoms with Gasteiger partial charge in [0.15, 0.2) is 5.69 Å². The summed E-state index contributed by atoms with van der Waals surface area (Å²) in [6.07, 6.45) is -12.0. The van der Waals surface area contributed by atoms with Crippen molar-refractivity contribution in [3.8, 4) is 5.88 Å². The van der Waals surface area contributed by atoms with Crippen molar-refractivity contribution in [3.63, 3.8) is 0 Å². The standard InChI is InChI=1S/C27H28F6N4O6/c1-4-6-13-25(27(31,32)33,42-15-17-11-8-7-9-12-17)23(39)37-36-21(38)20-19(34-24(40)41)14-18(26(28,29)30)22(35-20)43-16(3)10-5-2/h4-5,7-9,11-12,14,16,34H,1-2,6,10,13,15H2,3H3,(H,36,38)(H,37,39)(H,40,41)/t16?,25-/m1/s1. The first kappa shape index (κ1) is 34.6. The van der Waals surface area contributed by atoms with E-state index in [2.05, 4.69) is 18.1 Å². The van der Waals surface area contributed by atoms with Gasteiger partial charge in [-0.05, 0) is 31.4 Å². The quantitative estimate of drug-likeness (QED) is 0.127. The number of benzene rings is 1. The number of carbonyl (C=O) groups is 3. The number of alkyl halides is 6. The number of rotatable bonds is 13. The number of nitrogens with one attached hydrogen (secondary N) is 3. The van der Waals surface area contributed by atoms with Gasteiger partial charge in [-0.3, -0.25) is 25.8 Å². The van der Waals surface area contributed by atoms with Gasteiger partial charge in [-0.15, -0.1) is 13.2 Å². The van der Waals surface area contributed by atoms with Crippen molar-refractivity contribution >= 4 is 23.6 Å².